The molecule has 1 saturated heterocycles. The summed E-state index contributed by atoms with van der Waals surface area (Å²) in [6, 6.07) is 10.2. The van der Waals surface area contributed by atoms with Crippen molar-refractivity contribution in [2.24, 2.45) is 11.5 Å². The van der Waals surface area contributed by atoms with Crippen molar-refractivity contribution in [1.29, 1.82) is 0 Å². The third-order valence-electron chi connectivity index (χ3n) is 7.12. The first-order chi connectivity index (χ1) is 18.6. The first-order valence-electron chi connectivity index (χ1n) is 13.0. The third kappa shape index (κ3) is 7.36. The Balaban J connectivity index is 1.43. The monoisotopic (exact) mass is 575 g/mol. The van der Waals surface area contributed by atoms with Gasteiger partial charge in [-0.1, -0.05) is 35.3 Å². The van der Waals surface area contributed by atoms with E-state index in [-0.39, 0.29) is 17.4 Å². The number of rotatable bonds is 8. The number of piperazine rings is 1. The number of nitrogens with zero attached hydrogens (tertiary/aromatic N) is 3. The largest absolute Gasteiger partial charge is 0.402 e. The van der Waals surface area contributed by atoms with Crippen LogP contribution in [0.25, 0.3) is 0 Å². The Bertz CT molecular complexity index is 1260. The number of carbonyl (C=O) groups excluding carboxylic acids is 1. The predicted octanol–water partition coefficient (Wildman–Crippen LogP) is 3.85. The van der Waals surface area contributed by atoms with Gasteiger partial charge in [0.1, 0.15) is 11.6 Å². The van der Waals surface area contributed by atoms with Crippen LogP contribution in [-0.4, -0.2) is 66.9 Å². The lowest BCUT2D eigenvalue weighted by molar-refractivity contribution is -0.115. The maximum absolute atomic E-state index is 14.2. The summed E-state index contributed by atoms with van der Waals surface area (Å²) in [5.74, 6) is -0.383. The van der Waals surface area contributed by atoms with Crippen LogP contribution in [0.3, 0.4) is 0 Å². The molecule has 0 aliphatic carbocycles. The number of benzene rings is 2. The SMILES string of the molecule is CC(c1c(Cl)ccc(F)c1Cl)N1CCNC(N)=C1/C=C(\N)CC(=O)Nc1cccc(CN2CCN(C)CC2)c1. The second-order valence-electron chi connectivity index (χ2n) is 10.1. The van der Waals surface area contributed by atoms with Gasteiger partial charge >= 0.3 is 0 Å². The van der Waals surface area contributed by atoms with Crippen LogP contribution in [0.5, 0.6) is 0 Å². The van der Waals surface area contributed by atoms with Crippen molar-refractivity contribution in [1.82, 2.24) is 20.0 Å². The van der Waals surface area contributed by atoms with Crippen LogP contribution >= 0.6 is 23.2 Å². The van der Waals surface area contributed by atoms with E-state index in [9.17, 15) is 9.18 Å². The number of allylic oxidation sites excluding steroid dienone is 1. The van der Waals surface area contributed by atoms with Gasteiger partial charge in [0.25, 0.3) is 0 Å². The smallest absolute Gasteiger partial charge is 0.230 e. The van der Waals surface area contributed by atoms with E-state index in [1.165, 1.54) is 12.1 Å². The van der Waals surface area contributed by atoms with Crippen LogP contribution in [0.4, 0.5) is 10.1 Å². The van der Waals surface area contributed by atoms with Crippen LogP contribution < -0.4 is 22.1 Å². The number of nitrogens with two attached hydrogens (primary N) is 2. The van der Waals surface area contributed by atoms with E-state index >= 15 is 0 Å². The highest BCUT2D eigenvalue weighted by atomic mass is 35.5. The Labute approximate surface area is 239 Å². The second-order valence-corrected chi connectivity index (χ2v) is 10.9. The lowest BCUT2D eigenvalue weighted by atomic mass is 10.0. The number of anilines is 1. The predicted molar refractivity (Wildman–Crippen MR) is 155 cm³/mol. The third-order valence-corrected chi connectivity index (χ3v) is 7.83. The van der Waals surface area contributed by atoms with Gasteiger partial charge in [0.05, 0.1) is 23.2 Å². The number of halogens is 3. The van der Waals surface area contributed by atoms with Gasteiger partial charge in [-0.15, -0.1) is 0 Å². The normalized spacial score (nSPS) is 18.2. The number of amides is 1. The van der Waals surface area contributed by atoms with E-state index in [1.807, 2.05) is 30.0 Å². The zero-order valence-electron chi connectivity index (χ0n) is 22.3. The van der Waals surface area contributed by atoms with E-state index < -0.39 is 11.9 Å². The molecule has 1 fully saturated rings. The van der Waals surface area contributed by atoms with Gasteiger partial charge in [0, 0.05) is 67.8 Å². The molecule has 0 spiro atoms. The van der Waals surface area contributed by atoms with Gasteiger partial charge in [0.2, 0.25) is 5.91 Å². The van der Waals surface area contributed by atoms with Gasteiger partial charge in [-0.2, -0.15) is 0 Å². The number of carbonyl (C=O) groups is 1. The lowest BCUT2D eigenvalue weighted by Crippen LogP contribution is -2.43. The first kappa shape index (κ1) is 29.0. The van der Waals surface area contributed by atoms with Crippen molar-refractivity contribution < 1.29 is 9.18 Å². The zero-order valence-corrected chi connectivity index (χ0v) is 23.8. The summed E-state index contributed by atoms with van der Waals surface area (Å²) in [4.78, 5) is 19.5. The molecule has 39 heavy (non-hydrogen) atoms. The summed E-state index contributed by atoms with van der Waals surface area (Å²) in [6.07, 6.45) is 1.64. The molecule has 1 unspecified atom stereocenters. The lowest BCUT2D eigenvalue weighted by Gasteiger charge is -2.37. The fraction of sp³-hybridized carbons (Fsp3) is 0.393. The highest BCUT2D eigenvalue weighted by Crippen LogP contribution is 2.37. The van der Waals surface area contributed by atoms with E-state index in [4.69, 9.17) is 34.7 Å². The quantitative estimate of drug-likeness (QED) is 0.354. The molecule has 2 aliphatic rings. The average Bonchev–Trinajstić information content (AvgIpc) is 2.89. The first-order valence-corrected chi connectivity index (χ1v) is 13.8. The molecule has 0 radical (unpaired) electrons. The van der Waals surface area contributed by atoms with E-state index in [2.05, 4.69) is 33.5 Å². The molecular weight excluding hydrogens is 540 g/mol. The topological polar surface area (TPSA) is 103 Å². The Kier molecular flexibility index (Phi) is 9.61. The standard InChI is InChI=1S/C28H36Cl2FN7O/c1-18(26-22(29)6-7-23(31)27(26)30)38-9-8-34-28(33)24(38)15-20(32)16-25(39)35-21-5-3-4-19(14-21)17-37-12-10-36(2)11-13-37/h3-7,14-15,18,34H,8-13,16-17,32-33H2,1-2H3,(H,35,39)/b20-15-. The molecule has 2 heterocycles. The van der Waals surface area contributed by atoms with Gasteiger partial charge in [-0.3, -0.25) is 9.69 Å². The van der Waals surface area contributed by atoms with Crippen LogP contribution in [0.15, 0.2) is 59.7 Å². The van der Waals surface area contributed by atoms with Crippen LogP contribution in [-0.2, 0) is 11.3 Å². The Morgan fingerprint density at radius 1 is 1.18 bits per heavy atom. The number of nitrogens with one attached hydrogen (secondary N) is 2. The molecule has 0 bridgehead atoms. The Morgan fingerprint density at radius 2 is 1.92 bits per heavy atom. The van der Waals surface area contributed by atoms with Crippen molar-refractivity contribution in [3.05, 3.63) is 86.7 Å². The summed E-state index contributed by atoms with van der Waals surface area (Å²) in [7, 11) is 2.14. The van der Waals surface area contributed by atoms with Gasteiger partial charge in [-0.05, 0) is 49.9 Å². The van der Waals surface area contributed by atoms with Crippen molar-refractivity contribution in [3.8, 4) is 0 Å². The highest BCUT2D eigenvalue weighted by Gasteiger charge is 2.27. The van der Waals surface area contributed by atoms with Crippen molar-refractivity contribution in [2.45, 2.75) is 25.9 Å². The molecule has 0 aromatic heterocycles. The van der Waals surface area contributed by atoms with Crippen molar-refractivity contribution in [3.63, 3.8) is 0 Å². The Morgan fingerprint density at radius 3 is 2.67 bits per heavy atom. The average molecular weight is 577 g/mol. The molecular formula is C28H36Cl2FN7O. The minimum Gasteiger partial charge on any atom is -0.402 e. The van der Waals surface area contributed by atoms with Gasteiger partial charge in [0.15, 0.2) is 0 Å². The highest BCUT2D eigenvalue weighted by molar-refractivity contribution is 6.36. The Hall–Kier alpha value is -2.98. The summed E-state index contributed by atoms with van der Waals surface area (Å²) < 4.78 is 14.2. The molecule has 6 N–H and O–H groups in total. The maximum atomic E-state index is 14.2. The molecule has 8 nitrogen and oxygen atoms in total. The molecule has 2 aromatic rings. The van der Waals surface area contributed by atoms with Crippen molar-refractivity contribution >= 4 is 34.8 Å². The molecule has 1 amide bonds. The summed E-state index contributed by atoms with van der Waals surface area (Å²) in [5, 5.41) is 6.39. The minimum atomic E-state index is -0.545. The van der Waals surface area contributed by atoms with E-state index in [1.54, 1.807) is 6.08 Å². The number of likely N-dealkylation sites (N-methyl/N-ethyl adjacent to an activating group) is 1. The number of hydrogen-bond donors (Lipinski definition) is 4. The van der Waals surface area contributed by atoms with Crippen molar-refractivity contribution in [2.75, 3.05) is 51.6 Å². The molecule has 4 rings (SSSR count). The van der Waals surface area contributed by atoms with E-state index in [0.29, 0.717) is 40.9 Å². The van der Waals surface area contributed by atoms with Crippen LogP contribution in [0, 0.1) is 5.82 Å². The minimum absolute atomic E-state index is 0.0246. The maximum Gasteiger partial charge on any atom is 0.230 e. The van der Waals surface area contributed by atoms with Crippen LogP contribution in [0.1, 0.15) is 30.5 Å². The second kappa shape index (κ2) is 12.9. The molecule has 11 heteroatoms. The van der Waals surface area contributed by atoms with Crippen LogP contribution in [0.2, 0.25) is 10.0 Å². The summed E-state index contributed by atoms with van der Waals surface area (Å²) >= 11 is 12.7. The van der Waals surface area contributed by atoms with Gasteiger partial charge in [-0.25, -0.2) is 4.39 Å². The fourth-order valence-corrected chi connectivity index (χ4v) is 5.64. The van der Waals surface area contributed by atoms with Gasteiger partial charge < -0.3 is 31.9 Å². The summed E-state index contributed by atoms with van der Waals surface area (Å²) in [6.45, 7) is 7.99. The molecule has 2 aliphatic heterocycles. The molecule has 2 aromatic carbocycles. The molecule has 210 valence electrons. The zero-order chi connectivity index (χ0) is 28.1. The van der Waals surface area contributed by atoms with E-state index in [0.717, 1.165) is 44.0 Å². The fourth-order valence-electron chi connectivity index (χ4n) is 4.95. The molecule has 1 atom stereocenters. The molecule has 0 saturated carbocycles. The summed E-state index contributed by atoms with van der Waals surface area (Å²) in [5.41, 5.74) is 15.8. The number of hydrogen-bond acceptors (Lipinski definition) is 7.